The molecule has 0 aliphatic heterocycles. The van der Waals surface area contributed by atoms with E-state index < -0.39 is 0 Å². The molecule has 3 N–H and O–H groups in total. The van der Waals surface area contributed by atoms with Gasteiger partial charge in [0, 0.05) is 15.6 Å². The summed E-state index contributed by atoms with van der Waals surface area (Å²) in [5.41, 5.74) is 5.71. The van der Waals surface area contributed by atoms with E-state index in [1.54, 1.807) is 0 Å². The van der Waals surface area contributed by atoms with Gasteiger partial charge in [0.1, 0.15) is 0 Å². The van der Waals surface area contributed by atoms with Crippen molar-refractivity contribution < 1.29 is 0 Å². The highest BCUT2D eigenvalue weighted by Crippen LogP contribution is 2.26. The number of fused-ring (bicyclic) bond motifs is 1. The molecule has 0 saturated heterocycles. The van der Waals surface area contributed by atoms with E-state index in [1.165, 1.54) is 0 Å². The average Bonchev–Trinajstić information content (AvgIpc) is 2.29. The van der Waals surface area contributed by atoms with Gasteiger partial charge in [-0.05, 0) is 30.7 Å². The Balaban J connectivity index is 2.63. The lowest BCUT2D eigenvalue weighted by Crippen LogP contribution is -2.08. The number of pyridine rings is 1. The Kier molecular flexibility index (Phi) is 3.41. The zero-order valence-corrected chi connectivity index (χ0v) is 10.7. The maximum absolute atomic E-state index is 5.54. The number of nitrogens with zero attached hydrogens (tertiary/aromatic N) is 1. The SMILES string of the molecule is CCCc1cc(NN)c2cc(Br)ccc2n1. The summed E-state index contributed by atoms with van der Waals surface area (Å²) in [6.45, 7) is 2.14. The maximum atomic E-state index is 5.54. The predicted molar refractivity (Wildman–Crippen MR) is 71.2 cm³/mol. The topological polar surface area (TPSA) is 50.9 Å². The summed E-state index contributed by atoms with van der Waals surface area (Å²) < 4.78 is 1.03. The molecular formula is C12H14BrN3. The van der Waals surface area contributed by atoms with Crippen LogP contribution < -0.4 is 11.3 Å². The maximum Gasteiger partial charge on any atom is 0.0727 e. The second-order valence-electron chi connectivity index (χ2n) is 3.72. The molecule has 1 aromatic heterocycles. The van der Waals surface area contributed by atoms with Gasteiger partial charge in [-0.1, -0.05) is 29.3 Å². The predicted octanol–water partition coefficient (Wildman–Crippen LogP) is 3.24. The molecular weight excluding hydrogens is 266 g/mol. The summed E-state index contributed by atoms with van der Waals surface area (Å²) in [7, 11) is 0. The Labute approximate surface area is 103 Å². The number of benzene rings is 1. The Morgan fingerprint density at radius 3 is 2.88 bits per heavy atom. The van der Waals surface area contributed by atoms with Crippen LogP contribution in [0, 0.1) is 0 Å². The van der Waals surface area contributed by atoms with Crippen molar-refractivity contribution in [3.63, 3.8) is 0 Å². The molecule has 1 aromatic carbocycles. The molecule has 0 bridgehead atoms. The van der Waals surface area contributed by atoms with E-state index in [1.807, 2.05) is 24.3 Å². The average molecular weight is 280 g/mol. The van der Waals surface area contributed by atoms with E-state index in [4.69, 9.17) is 5.84 Å². The van der Waals surface area contributed by atoms with E-state index in [9.17, 15) is 0 Å². The Morgan fingerprint density at radius 2 is 2.19 bits per heavy atom. The minimum absolute atomic E-state index is 0.926. The minimum atomic E-state index is 0.926. The number of aryl methyl sites for hydroxylation is 1. The number of halogens is 1. The molecule has 0 spiro atoms. The van der Waals surface area contributed by atoms with Gasteiger partial charge in [0.05, 0.1) is 11.2 Å². The molecule has 4 heteroatoms. The number of nitrogens with two attached hydrogens (primary N) is 1. The summed E-state index contributed by atoms with van der Waals surface area (Å²) in [4.78, 5) is 4.60. The number of nitrogens with one attached hydrogen (secondary N) is 1. The summed E-state index contributed by atoms with van der Waals surface area (Å²) in [6.07, 6.45) is 2.06. The number of nitrogen functional groups attached to an aromatic ring is 1. The minimum Gasteiger partial charge on any atom is -0.323 e. The van der Waals surface area contributed by atoms with Gasteiger partial charge in [0.25, 0.3) is 0 Å². The van der Waals surface area contributed by atoms with E-state index in [2.05, 4.69) is 33.3 Å². The molecule has 0 aliphatic carbocycles. The van der Waals surface area contributed by atoms with E-state index in [0.29, 0.717) is 0 Å². The first-order valence-corrected chi connectivity index (χ1v) is 6.09. The van der Waals surface area contributed by atoms with Crippen molar-refractivity contribution in [2.24, 2.45) is 5.84 Å². The van der Waals surface area contributed by atoms with Crippen molar-refractivity contribution in [3.8, 4) is 0 Å². The molecule has 0 saturated carbocycles. The van der Waals surface area contributed by atoms with Gasteiger partial charge in [-0.25, -0.2) is 0 Å². The van der Waals surface area contributed by atoms with Gasteiger partial charge in [0.15, 0.2) is 0 Å². The molecule has 0 amide bonds. The number of aromatic nitrogens is 1. The van der Waals surface area contributed by atoms with Crippen molar-refractivity contribution in [1.29, 1.82) is 0 Å². The molecule has 2 aromatic rings. The van der Waals surface area contributed by atoms with Crippen LogP contribution in [-0.2, 0) is 6.42 Å². The molecule has 2 rings (SSSR count). The normalized spacial score (nSPS) is 10.7. The molecule has 3 nitrogen and oxygen atoms in total. The van der Waals surface area contributed by atoms with Crippen molar-refractivity contribution in [3.05, 3.63) is 34.4 Å². The fourth-order valence-corrected chi connectivity index (χ4v) is 2.12. The van der Waals surface area contributed by atoms with Gasteiger partial charge in [-0.3, -0.25) is 10.8 Å². The first kappa shape index (κ1) is 11.4. The third-order valence-corrected chi connectivity index (χ3v) is 2.98. The lowest BCUT2D eigenvalue weighted by molar-refractivity contribution is 0.890. The van der Waals surface area contributed by atoms with Crippen LogP contribution in [0.4, 0.5) is 5.69 Å². The first-order chi connectivity index (χ1) is 7.74. The van der Waals surface area contributed by atoms with E-state index >= 15 is 0 Å². The largest absolute Gasteiger partial charge is 0.323 e. The van der Waals surface area contributed by atoms with Crippen LogP contribution in [0.15, 0.2) is 28.7 Å². The van der Waals surface area contributed by atoms with Crippen molar-refractivity contribution in [2.75, 3.05) is 5.43 Å². The van der Waals surface area contributed by atoms with Gasteiger partial charge in [-0.15, -0.1) is 0 Å². The van der Waals surface area contributed by atoms with Crippen molar-refractivity contribution in [2.45, 2.75) is 19.8 Å². The second-order valence-corrected chi connectivity index (χ2v) is 4.63. The quantitative estimate of drug-likeness (QED) is 0.670. The van der Waals surface area contributed by atoms with Crippen LogP contribution >= 0.6 is 15.9 Å². The molecule has 1 heterocycles. The van der Waals surface area contributed by atoms with Gasteiger partial charge >= 0.3 is 0 Å². The zero-order chi connectivity index (χ0) is 11.5. The van der Waals surface area contributed by atoms with Crippen LogP contribution in [0.5, 0.6) is 0 Å². The number of hydrogen-bond acceptors (Lipinski definition) is 3. The Morgan fingerprint density at radius 1 is 1.38 bits per heavy atom. The first-order valence-electron chi connectivity index (χ1n) is 5.30. The van der Waals surface area contributed by atoms with Crippen LogP contribution in [0.1, 0.15) is 19.0 Å². The van der Waals surface area contributed by atoms with E-state index in [0.717, 1.165) is 39.6 Å². The van der Waals surface area contributed by atoms with Crippen LogP contribution in [0.2, 0.25) is 0 Å². The summed E-state index contributed by atoms with van der Waals surface area (Å²) in [5.74, 6) is 5.54. The second kappa shape index (κ2) is 4.80. The van der Waals surface area contributed by atoms with Gasteiger partial charge in [0.2, 0.25) is 0 Å². The number of anilines is 1. The Hall–Kier alpha value is -1.13. The van der Waals surface area contributed by atoms with Crippen LogP contribution in [-0.4, -0.2) is 4.98 Å². The zero-order valence-electron chi connectivity index (χ0n) is 9.13. The Bertz CT molecular complexity index is 511. The number of rotatable bonds is 3. The van der Waals surface area contributed by atoms with Crippen molar-refractivity contribution >= 4 is 32.5 Å². The smallest absolute Gasteiger partial charge is 0.0727 e. The lowest BCUT2D eigenvalue weighted by Gasteiger charge is -2.08. The molecule has 0 aliphatic rings. The van der Waals surface area contributed by atoms with Gasteiger partial charge < -0.3 is 5.43 Å². The summed E-state index contributed by atoms with van der Waals surface area (Å²) in [6, 6.07) is 8.02. The van der Waals surface area contributed by atoms with Crippen LogP contribution in [0.3, 0.4) is 0 Å². The fourth-order valence-electron chi connectivity index (χ4n) is 1.76. The standard InChI is InChI=1S/C12H14BrN3/c1-2-3-9-7-12(16-14)10-6-8(13)4-5-11(10)15-9/h4-7H,2-3,14H2,1H3,(H,15,16). The highest BCUT2D eigenvalue weighted by atomic mass is 79.9. The fraction of sp³-hybridized carbons (Fsp3) is 0.250. The molecule has 0 fully saturated rings. The number of hydrogen-bond donors (Lipinski definition) is 2. The molecule has 0 unspecified atom stereocenters. The third kappa shape index (κ3) is 2.18. The summed E-state index contributed by atoms with van der Waals surface area (Å²) >= 11 is 3.45. The van der Waals surface area contributed by atoms with Crippen molar-refractivity contribution in [1.82, 2.24) is 4.98 Å². The van der Waals surface area contributed by atoms with Gasteiger partial charge in [-0.2, -0.15) is 0 Å². The molecule has 0 atom stereocenters. The lowest BCUT2D eigenvalue weighted by atomic mass is 10.1. The third-order valence-electron chi connectivity index (χ3n) is 2.49. The van der Waals surface area contributed by atoms with Crippen LogP contribution in [0.25, 0.3) is 10.9 Å². The highest BCUT2D eigenvalue weighted by molar-refractivity contribution is 9.10. The molecule has 84 valence electrons. The molecule has 16 heavy (non-hydrogen) atoms. The highest BCUT2D eigenvalue weighted by Gasteiger charge is 2.05. The monoisotopic (exact) mass is 279 g/mol. The number of hydrazine groups is 1. The summed E-state index contributed by atoms with van der Waals surface area (Å²) in [5, 5.41) is 1.04. The van der Waals surface area contributed by atoms with E-state index in [-0.39, 0.29) is 0 Å². The molecule has 0 radical (unpaired) electrons.